The lowest BCUT2D eigenvalue weighted by atomic mass is 10.1. The minimum absolute atomic E-state index is 0.0652. The van der Waals surface area contributed by atoms with E-state index in [2.05, 4.69) is 10.3 Å². The highest BCUT2D eigenvalue weighted by Gasteiger charge is 2.16. The van der Waals surface area contributed by atoms with E-state index in [-0.39, 0.29) is 5.91 Å². The fourth-order valence-electron chi connectivity index (χ4n) is 3.04. The minimum atomic E-state index is -0.0652. The van der Waals surface area contributed by atoms with Crippen LogP contribution in [0.25, 0.3) is 10.9 Å². The Bertz CT molecular complexity index is 661. The van der Waals surface area contributed by atoms with E-state index in [4.69, 9.17) is 4.74 Å². The van der Waals surface area contributed by atoms with Gasteiger partial charge in [-0.3, -0.25) is 4.79 Å². The lowest BCUT2D eigenvalue weighted by Crippen LogP contribution is -2.34. The molecule has 0 aliphatic heterocycles. The van der Waals surface area contributed by atoms with Gasteiger partial charge in [-0.05, 0) is 37.1 Å². The molecule has 1 aromatic carbocycles. The number of benzene rings is 1. The number of nitrogens with one attached hydrogen (secondary N) is 1. The van der Waals surface area contributed by atoms with Crippen molar-refractivity contribution in [3.63, 3.8) is 0 Å². The van der Waals surface area contributed by atoms with Gasteiger partial charge in [-0.15, -0.1) is 0 Å². The SMILES string of the molecule is COc1ccc2nc(C(=O)NC3CCCCCC3)ccc2c1. The second-order valence-electron chi connectivity index (χ2n) is 5.92. The molecule has 1 N–H and O–H groups in total. The van der Waals surface area contributed by atoms with Crippen molar-refractivity contribution in [2.45, 2.75) is 44.6 Å². The maximum atomic E-state index is 12.4. The predicted molar refractivity (Wildman–Crippen MR) is 87.3 cm³/mol. The number of fused-ring (bicyclic) bond motifs is 1. The van der Waals surface area contributed by atoms with Gasteiger partial charge in [-0.25, -0.2) is 4.98 Å². The molecule has 1 heterocycles. The molecule has 0 spiro atoms. The van der Waals surface area contributed by atoms with Crippen molar-refractivity contribution in [2.75, 3.05) is 7.11 Å². The van der Waals surface area contributed by atoms with Crippen LogP contribution in [0.2, 0.25) is 0 Å². The summed E-state index contributed by atoms with van der Waals surface area (Å²) in [4.78, 5) is 16.9. The number of ether oxygens (including phenoxy) is 1. The van der Waals surface area contributed by atoms with Crippen molar-refractivity contribution in [1.82, 2.24) is 10.3 Å². The first kappa shape index (κ1) is 14.8. The molecule has 116 valence electrons. The molecule has 3 rings (SSSR count). The number of carbonyl (C=O) groups excluding carboxylic acids is 1. The summed E-state index contributed by atoms with van der Waals surface area (Å²) < 4.78 is 5.21. The maximum absolute atomic E-state index is 12.4. The van der Waals surface area contributed by atoms with Crippen LogP contribution < -0.4 is 10.1 Å². The van der Waals surface area contributed by atoms with Crippen LogP contribution in [-0.2, 0) is 0 Å². The molecular weight excluding hydrogens is 276 g/mol. The second kappa shape index (κ2) is 6.77. The highest BCUT2D eigenvalue weighted by Crippen LogP contribution is 2.20. The summed E-state index contributed by atoms with van der Waals surface area (Å²) in [7, 11) is 1.64. The van der Waals surface area contributed by atoms with Crippen LogP contribution in [0.5, 0.6) is 5.75 Å². The molecule has 1 aliphatic carbocycles. The number of amides is 1. The summed E-state index contributed by atoms with van der Waals surface area (Å²) >= 11 is 0. The Labute approximate surface area is 130 Å². The van der Waals surface area contributed by atoms with Crippen LogP contribution in [0, 0.1) is 0 Å². The van der Waals surface area contributed by atoms with Crippen molar-refractivity contribution in [3.8, 4) is 5.75 Å². The van der Waals surface area contributed by atoms with Gasteiger partial charge in [0.25, 0.3) is 5.91 Å². The average molecular weight is 298 g/mol. The molecule has 0 unspecified atom stereocenters. The van der Waals surface area contributed by atoms with Crippen molar-refractivity contribution >= 4 is 16.8 Å². The topological polar surface area (TPSA) is 51.2 Å². The smallest absolute Gasteiger partial charge is 0.270 e. The van der Waals surface area contributed by atoms with E-state index in [1.807, 2.05) is 24.3 Å². The van der Waals surface area contributed by atoms with Gasteiger partial charge in [-0.2, -0.15) is 0 Å². The zero-order valence-corrected chi connectivity index (χ0v) is 13.0. The van der Waals surface area contributed by atoms with Crippen molar-refractivity contribution in [3.05, 3.63) is 36.0 Å². The molecule has 1 amide bonds. The van der Waals surface area contributed by atoms with E-state index in [1.165, 1.54) is 25.7 Å². The van der Waals surface area contributed by atoms with E-state index in [1.54, 1.807) is 13.2 Å². The quantitative estimate of drug-likeness (QED) is 0.879. The van der Waals surface area contributed by atoms with E-state index in [0.717, 1.165) is 29.5 Å². The Balaban J connectivity index is 1.75. The molecule has 0 bridgehead atoms. The second-order valence-corrected chi connectivity index (χ2v) is 5.92. The first-order valence-corrected chi connectivity index (χ1v) is 8.02. The first-order chi connectivity index (χ1) is 10.8. The third kappa shape index (κ3) is 3.38. The highest BCUT2D eigenvalue weighted by molar-refractivity contribution is 5.95. The summed E-state index contributed by atoms with van der Waals surface area (Å²) in [6.45, 7) is 0. The van der Waals surface area contributed by atoms with Crippen LogP contribution in [-0.4, -0.2) is 24.0 Å². The van der Waals surface area contributed by atoms with Gasteiger partial charge in [-0.1, -0.05) is 31.7 Å². The van der Waals surface area contributed by atoms with Crippen LogP contribution in [0.15, 0.2) is 30.3 Å². The number of carbonyl (C=O) groups is 1. The molecule has 1 saturated carbocycles. The molecule has 2 aromatic rings. The number of rotatable bonds is 3. The lowest BCUT2D eigenvalue weighted by molar-refractivity contribution is 0.0928. The Morgan fingerprint density at radius 2 is 1.91 bits per heavy atom. The number of nitrogens with zero attached hydrogens (tertiary/aromatic N) is 1. The molecule has 0 radical (unpaired) electrons. The number of hydrogen-bond acceptors (Lipinski definition) is 3. The molecular formula is C18H22N2O2. The number of pyridine rings is 1. The van der Waals surface area contributed by atoms with Gasteiger partial charge in [0.1, 0.15) is 11.4 Å². The summed E-state index contributed by atoms with van der Waals surface area (Å²) in [5.41, 5.74) is 1.30. The maximum Gasteiger partial charge on any atom is 0.270 e. The highest BCUT2D eigenvalue weighted by atomic mass is 16.5. The largest absolute Gasteiger partial charge is 0.497 e. The molecule has 0 saturated heterocycles. The fourth-order valence-corrected chi connectivity index (χ4v) is 3.04. The first-order valence-electron chi connectivity index (χ1n) is 8.02. The third-order valence-corrected chi connectivity index (χ3v) is 4.32. The molecule has 1 aliphatic rings. The number of aromatic nitrogens is 1. The molecule has 4 nitrogen and oxygen atoms in total. The molecule has 4 heteroatoms. The minimum Gasteiger partial charge on any atom is -0.497 e. The Morgan fingerprint density at radius 3 is 2.64 bits per heavy atom. The summed E-state index contributed by atoms with van der Waals surface area (Å²) in [5, 5.41) is 4.11. The van der Waals surface area contributed by atoms with Gasteiger partial charge < -0.3 is 10.1 Å². The number of methoxy groups -OCH3 is 1. The van der Waals surface area contributed by atoms with Gasteiger partial charge >= 0.3 is 0 Å². The van der Waals surface area contributed by atoms with E-state index in [0.29, 0.717) is 11.7 Å². The molecule has 1 aromatic heterocycles. The molecule has 1 fully saturated rings. The molecule has 0 atom stereocenters. The van der Waals surface area contributed by atoms with Crippen LogP contribution in [0.3, 0.4) is 0 Å². The Morgan fingerprint density at radius 1 is 1.14 bits per heavy atom. The lowest BCUT2D eigenvalue weighted by Gasteiger charge is -2.16. The van der Waals surface area contributed by atoms with Gasteiger partial charge in [0.2, 0.25) is 0 Å². The van der Waals surface area contributed by atoms with Crippen molar-refractivity contribution < 1.29 is 9.53 Å². The van der Waals surface area contributed by atoms with Gasteiger partial charge in [0, 0.05) is 11.4 Å². The summed E-state index contributed by atoms with van der Waals surface area (Å²) in [6.07, 6.45) is 7.13. The van der Waals surface area contributed by atoms with Crippen molar-refractivity contribution in [2.24, 2.45) is 0 Å². The monoisotopic (exact) mass is 298 g/mol. The van der Waals surface area contributed by atoms with Crippen molar-refractivity contribution in [1.29, 1.82) is 0 Å². The normalized spacial score (nSPS) is 16.2. The van der Waals surface area contributed by atoms with Crippen LogP contribution >= 0.6 is 0 Å². The summed E-state index contributed by atoms with van der Waals surface area (Å²) in [5.74, 6) is 0.731. The zero-order valence-electron chi connectivity index (χ0n) is 13.0. The Kier molecular flexibility index (Phi) is 4.56. The van der Waals surface area contributed by atoms with E-state index >= 15 is 0 Å². The van der Waals surface area contributed by atoms with E-state index in [9.17, 15) is 4.79 Å². The predicted octanol–water partition coefficient (Wildman–Crippen LogP) is 3.70. The van der Waals surface area contributed by atoms with E-state index < -0.39 is 0 Å². The fraction of sp³-hybridized carbons (Fsp3) is 0.444. The van der Waals surface area contributed by atoms with Crippen LogP contribution in [0.4, 0.5) is 0 Å². The van der Waals surface area contributed by atoms with Gasteiger partial charge in [0.05, 0.1) is 12.6 Å². The molecule has 22 heavy (non-hydrogen) atoms. The Hall–Kier alpha value is -2.10. The van der Waals surface area contributed by atoms with Gasteiger partial charge in [0.15, 0.2) is 0 Å². The summed E-state index contributed by atoms with van der Waals surface area (Å²) in [6, 6.07) is 9.68. The zero-order chi connectivity index (χ0) is 15.4. The third-order valence-electron chi connectivity index (χ3n) is 4.32. The average Bonchev–Trinajstić information content (AvgIpc) is 2.82. The van der Waals surface area contributed by atoms with Crippen LogP contribution in [0.1, 0.15) is 49.0 Å². The number of hydrogen-bond donors (Lipinski definition) is 1. The standard InChI is InChI=1S/C18H22N2O2/c1-22-15-9-11-16-13(12-15)8-10-17(20-16)18(21)19-14-6-4-2-3-5-7-14/h8-12,14H,2-7H2,1H3,(H,19,21).